The fraction of sp³-hybridized carbons (Fsp3) is 0.600. The van der Waals surface area contributed by atoms with Gasteiger partial charge in [-0.3, -0.25) is 0 Å². The number of nitrogen functional groups attached to an aromatic ring is 1. The van der Waals surface area contributed by atoms with Gasteiger partial charge in [0.15, 0.2) is 0 Å². The van der Waals surface area contributed by atoms with E-state index in [4.69, 9.17) is 10.5 Å². The van der Waals surface area contributed by atoms with Gasteiger partial charge < -0.3 is 20.9 Å². The van der Waals surface area contributed by atoms with Crippen molar-refractivity contribution < 1.29 is 9.84 Å². The summed E-state index contributed by atoms with van der Waals surface area (Å²) in [5.74, 6) is 0.697. The second kappa shape index (κ2) is 6.15. The molecule has 0 bridgehead atoms. The first kappa shape index (κ1) is 14.0. The van der Waals surface area contributed by atoms with Gasteiger partial charge in [0, 0.05) is 18.3 Å². The van der Waals surface area contributed by atoms with E-state index in [1.54, 1.807) is 0 Å². The zero-order chi connectivity index (χ0) is 13.7. The molecule has 2 rings (SSSR count). The molecule has 1 aliphatic carbocycles. The van der Waals surface area contributed by atoms with Crippen LogP contribution in [-0.4, -0.2) is 23.9 Å². The number of nitrogens with two attached hydrogens (primary N) is 1. The summed E-state index contributed by atoms with van der Waals surface area (Å²) in [6.45, 7) is 3.12. The van der Waals surface area contributed by atoms with Crippen molar-refractivity contribution >= 4 is 11.4 Å². The summed E-state index contributed by atoms with van der Waals surface area (Å²) >= 11 is 0. The van der Waals surface area contributed by atoms with E-state index in [-0.39, 0.29) is 0 Å². The van der Waals surface area contributed by atoms with Gasteiger partial charge in [-0.15, -0.1) is 0 Å². The van der Waals surface area contributed by atoms with E-state index in [2.05, 4.69) is 5.32 Å². The summed E-state index contributed by atoms with van der Waals surface area (Å²) in [4.78, 5) is 0. The summed E-state index contributed by atoms with van der Waals surface area (Å²) in [6, 6.07) is 5.65. The lowest BCUT2D eigenvalue weighted by molar-refractivity contribution is 0.0167. The fourth-order valence-corrected chi connectivity index (χ4v) is 2.58. The molecule has 1 saturated carbocycles. The Kier molecular flexibility index (Phi) is 4.53. The van der Waals surface area contributed by atoms with E-state index in [1.807, 2.05) is 25.1 Å². The Morgan fingerprint density at radius 3 is 2.74 bits per heavy atom. The third-order valence-electron chi connectivity index (χ3n) is 3.72. The van der Waals surface area contributed by atoms with E-state index in [0.29, 0.717) is 24.6 Å². The van der Waals surface area contributed by atoms with Crippen molar-refractivity contribution in [1.82, 2.24) is 0 Å². The van der Waals surface area contributed by atoms with Crippen molar-refractivity contribution in [2.24, 2.45) is 0 Å². The Morgan fingerprint density at radius 1 is 1.32 bits per heavy atom. The Morgan fingerprint density at radius 2 is 2.05 bits per heavy atom. The first-order valence-electron chi connectivity index (χ1n) is 7.11. The maximum atomic E-state index is 10.4. The molecule has 0 radical (unpaired) electrons. The van der Waals surface area contributed by atoms with E-state index in [1.165, 1.54) is 6.42 Å². The molecule has 19 heavy (non-hydrogen) atoms. The smallest absolute Gasteiger partial charge is 0.144 e. The maximum absolute atomic E-state index is 10.4. The fourth-order valence-electron chi connectivity index (χ4n) is 2.58. The molecule has 0 aliphatic heterocycles. The minimum Gasteiger partial charge on any atom is -0.492 e. The Hall–Kier alpha value is -1.42. The Labute approximate surface area is 115 Å². The molecular weight excluding hydrogens is 240 g/mol. The number of anilines is 2. The lowest BCUT2D eigenvalue weighted by Crippen LogP contribution is -2.38. The summed E-state index contributed by atoms with van der Waals surface area (Å²) < 4.78 is 5.47. The monoisotopic (exact) mass is 264 g/mol. The van der Waals surface area contributed by atoms with Crippen LogP contribution in [0.1, 0.15) is 39.0 Å². The summed E-state index contributed by atoms with van der Waals surface area (Å²) in [5.41, 5.74) is 6.86. The third kappa shape index (κ3) is 3.77. The highest BCUT2D eigenvalue weighted by Gasteiger charge is 2.28. The number of hydrogen-bond donors (Lipinski definition) is 3. The number of benzene rings is 1. The number of aliphatic hydroxyl groups is 1. The molecule has 0 spiro atoms. The largest absolute Gasteiger partial charge is 0.492 e. The van der Waals surface area contributed by atoms with Gasteiger partial charge in [0.1, 0.15) is 5.75 Å². The molecule has 0 unspecified atom stereocenters. The van der Waals surface area contributed by atoms with Gasteiger partial charge in [-0.1, -0.05) is 19.3 Å². The average molecular weight is 264 g/mol. The maximum Gasteiger partial charge on any atom is 0.144 e. The molecule has 1 aromatic rings. The Balaban J connectivity index is 1.97. The second-order valence-electron chi connectivity index (χ2n) is 5.32. The zero-order valence-corrected chi connectivity index (χ0v) is 11.6. The van der Waals surface area contributed by atoms with E-state index in [0.717, 1.165) is 31.4 Å². The van der Waals surface area contributed by atoms with Crippen LogP contribution >= 0.6 is 0 Å². The highest BCUT2D eigenvalue weighted by atomic mass is 16.5. The van der Waals surface area contributed by atoms with Crippen LogP contribution in [-0.2, 0) is 0 Å². The minimum atomic E-state index is -0.564. The lowest BCUT2D eigenvalue weighted by Gasteiger charge is -2.32. The second-order valence-corrected chi connectivity index (χ2v) is 5.32. The van der Waals surface area contributed by atoms with Crippen LogP contribution < -0.4 is 15.8 Å². The number of rotatable bonds is 5. The molecule has 4 heteroatoms. The number of hydrogen-bond acceptors (Lipinski definition) is 4. The highest BCUT2D eigenvalue weighted by molar-refractivity contribution is 5.61. The molecule has 4 N–H and O–H groups in total. The van der Waals surface area contributed by atoms with Gasteiger partial charge in [-0.25, -0.2) is 0 Å². The molecule has 1 aromatic carbocycles. The first-order valence-corrected chi connectivity index (χ1v) is 7.11. The molecule has 106 valence electrons. The normalized spacial score (nSPS) is 18.0. The van der Waals surface area contributed by atoms with Gasteiger partial charge in [0.05, 0.1) is 17.9 Å². The molecule has 0 heterocycles. The molecule has 1 fully saturated rings. The average Bonchev–Trinajstić information content (AvgIpc) is 2.41. The van der Waals surface area contributed by atoms with Crippen LogP contribution in [0.15, 0.2) is 18.2 Å². The highest BCUT2D eigenvalue weighted by Crippen LogP contribution is 2.30. The van der Waals surface area contributed by atoms with Gasteiger partial charge >= 0.3 is 0 Å². The molecule has 0 aromatic heterocycles. The van der Waals surface area contributed by atoms with Gasteiger partial charge in [0.25, 0.3) is 0 Å². The topological polar surface area (TPSA) is 67.5 Å². The zero-order valence-electron chi connectivity index (χ0n) is 11.6. The standard InChI is InChI=1S/C15H24N2O2/c1-2-19-14-10-12(6-7-13(14)16)17-11-15(18)8-4-3-5-9-15/h6-7,10,17-18H,2-5,8-9,11,16H2,1H3. The number of ether oxygens (including phenoxy) is 1. The predicted octanol–water partition coefficient (Wildman–Crippen LogP) is 2.77. The summed E-state index contributed by atoms with van der Waals surface area (Å²) in [6.07, 6.45) is 5.23. The summed E-state index contributed by atoms with van der Waals surface area (Å²) in [5, 5.41) is 13.7. The minimum absolute atomic E-state index is 0.564. The molecular formula is C15H24N2O2. The van der Waals surface area contributed by atoms with Crippen LogP contribution in [0, 0.1) is 0 Å². The lowest BCUT2D eigenvalue weighted by atomic mass is 9.85. The molecule has 0 amide bonds. The van der Waals surface area contributed by atoms with Gasteiger partial charge in [-0.05, 0) is 31.9 Å². The van der Waals surface area contributed by atoms with E-state index < -0.39 is 5.60 Å². The van der Waals surface area contributed by atoms with Gasteiger partial charge in [-0.2, -0.15) is 0 Å². The van der Waals surface area contributed by atoms with E-state index >= 15 is 0 Å². The van der Waals surface area contributed by atoms with Crippen LogP contribution in [0.3, 0.4) is 0 Å². The van der Waals surface area contributed by atoms with Crippen molar-refractivity contribution in [2.75, 3.05) is 24.2 Å². The van der Waals surface area contributed by atoms with Crippen molar-refractivity contribution in [3.8, 4) is 5.75 Å². The van der Waals surface area contributed by atoms with Crippen molar-refractivity contribution in [3.05, 3.63) is 18.2 Å². The van der Waals surface area contributed by atoms with Crippen molar-refractivity contribution in [1.29, 1.82) is 0 Å². The number of nitrogens with one attached hydrogen (secondary N) is 1. The van der Waals surface area contributed by atoms with Crippen LogP contribution in [0.25, 0.3) is 0 Å². The molecule has 0 atom stereocenters. The molecule has 4 nitrogen and oxygen atoms in total. The predicted molar refractivity (Wildman–Crippen MR) is 78.5 cm³/mol. The quantitative estimate of drug-likeness (QED) is 0.715. The van der Waals surface area contributed by atoms with Crippen LogP contribution in [0.4, 0.5) is 11.4 Å². The SMILES string of the molecule is CCOc1cc(NCC2(O)CCCCC2)ccc1N. The summed E-state index contributed by atoms with van der Waals surface area (Å²) in [7, 11) is 0. The van der Waals surface area contributed by atoms with Crippen LogP contribution in [0.2, 0.25) is 0 Å². The Bertz CT molecular complexity index is 415. The first-order chi connectivity index (χ1) is 9.13. The van der Waals surface area contributed by atoms with Gasteiger partial charge in [0.2, 0.25) is 0 Å². The van der Waals surface area contributed by atoms with Crippen molar-refractivity contribution in [3.63, 3.8) is 0 Å². The molecule has 1 aliphatic rings. The van der Waals surface area contributed by atoms with Crippen molar-refractivity contribution in [2.45, 2.75) is 44.6 Å². The molecule has 0 saturated heterocycles. The van der Waals surface area contributed by atoms with E-state index in [9.17, 15) is 5.11 Å². The third-order valence-corrected chi connectivity index (χ3v) is 3.72. The van der Waals surface area contributed by atoms with Crippen LogP contribution in [0.5, 0.6) is 5.75 Å².